The molecule has 0 saturated carbocycles. The van der Waals surface area contributed by atoms with E-state index in [0.717, 1.165) is 59.4 Å². The van der Waals surface area contributed by atoms with Gasteiger partial charge in [-0.15, -0.1) is 0 Å². The lowest BCUT2D eigenvalue weighted by atomic mass is 10.00. The molecule has 0 aliphatic rings. The van der Waals surface area contributed by atoms with Crippen LogP contribution in [-0.4, -0.2) is 23.9 Å². The average molecular weight is 1160 g/mol. The van der Waals surface area contributed by atoms with Crippen LogP contribution in [0.3, 0.4) is 0 Å². The Morgan fingerprint density at radius 1 is 0.337 bits per heavy atom. The minimum atomic E-state index is -1.07. The minimum Gasteiger partial charge on any atom is -0.421 e. The summed E-state index contributed by atoms with van der Waals surface area (Å²) in [7, 11) is 0. The molecule has 0 aliphatic heterocycles. The highest BCUT2D eigenvalue weighted by atomic mass is 19.1. The van der Waals surface area contributed by atoms with Crippen molar-refractivity contribution >= 4 is 23.9 Å². The zero-order valence-electron chi connectivity index (χ0n) is 50.3. The molecule has 7 aromatic rings. The van der Waals surface area contributed by atoms with Gasteiger partial charge in [-0.05, 0) is 132 Å². The largest absolute Gasteiger partial charge is 0.421 e. The molecular weight excluding hydrogens is 1080 g/mol. The van der Waals surface area contributed by atoms with Crippen LogP contribution in [0.5, 0.6) is 23.0 Å². The molecule has 7 aromatic carbocycles. The number of nitriles is 1. The number of ether oxygens (including phenoxy) is 4. The summed E-state index contributed by atoms with van der Waals surface area (Å²) in [5.74, 6) is -7.24. The van der Waals surface area contributed by atoms with Crippen molar-refractivity contribution in [2.75, 3.05) is 0 Å². The van der Waals surface area contributed by atoms with Crippen molar-refractivity contribution in [3.05, 3.63) is 202 Å². The topological polar surface area (TPSA) is 129 Å². The summed E-state index contributed by atoms with van der Waals surface area (Å²) < 4.78 is 52.3. The second-order valence-electron chi connectivity index (χ2n) is 22.4. The first-order valence-electron chi connectivity index (χ1n) is 31.4. The lowest BCUT2D eigenvalue weighted by molar-refractivity contribution is 0.0716. The van der Waals surface area contributed by atoms with Crippen molar-refractivity contribution < 1.29 is 46.9 Å². The first-order chi connectivity index (χ1) is 42.0. The third-order valence-corrected chi connectivity index (χ3v) is 15.7. The van der Waals surface area contributed by atoms with Crippen molar-refractivity contribution in [3.63, 3.8) is 0 Å². The highest BCUT2D eigenvalue weighted by Crippen LogP contribution is 2.32. The second kappa shape index (κ2) is 35.9. The minimum absolute atomic E-state index is 0.196. The van der Waals surface area contributed by atoms with Gasteiger partial charge in [0.1, 0.15) is 11.6 Å². The molecule has 0 radical (unpaired) electrons. The first kappa shape index (κ1) is 65.3. The second-order valence-corrected chi connectivity index (χ2v) is 22.4. The zero-order valence-corrected chi connectivity index (χ0v) is 50.3. The number of rotatable bonds is 36. The smallest absolute Gasteiger partial charge is 0.343 e. The van der Waals surface area contributed by atoms with E-state index in [2.05, 4.69) is 62.4 Å². The van der Waals surface area contributed by atoms with Crippen molar-refractivity contribution in [3.8, 4) is 51.3 Å². The zero-order chi connectivity index (χ0) is 60.7. The highest BCUT2D eigenvalue weighted by molar-refractivity contribution is 5.95. The number of esters is 4. The molecule has 11 heteroatoms. The van der Waals surface area contributed by atoms with Gasteiger partial charge in [0.15, 0.2) is 34.6 Å². The molecule has 0 bridgehead atoms. The van der Waals surface area contributed by atoms with Crippen molar-refractivity contribution in [1.82, 2.24) is 0 Å². The van der Waals surface area contributed by atoms with Crippen LogP contribution in [0.2, 0.25) is 0 Å². The predicted octanol–water partition coefficient (Wildman–Crippen LogP) is 20.5. The van der Waals surface area contributed by atoms with Gasteiger partial charge in [0.2, 0.25) is 0 Å². The molecule has 0 heterocycles. The molecule has 7 rings (SSSR count). The molecule has 450 valence electrons. The van der Waals surface area contributed by atoms with E-state index in [0.29, 0.717) is 0 Å². The Morgan fingerprint density at radius 2 is 0.605 bits per heavy atom. The van der Waals surface area contributed by atoms with Gasteiger partial charge in [-0.3, -0.25) is 0 Å². The van der Waals surface area contributed by atoms with Crippen LogP contribution in [0.25, 0.3) is 22.3 Å². The van der Waals surface area contributed by atoms with Crippen LogP contribution < -0.4 is 18.9 Å². The number of carbonyl (C=O) groups is 4. The molecule has 0 amide bonds. The van der Waals surface area contributed by atoms with E-state index in [4.69, 9.17) is 18.9 Å². The van der Waals surface area contributed by atoms with E-state index < -0.39 is 47.0 Å². The van der Waals surface area contributed by atoms with E-state index in [1.807, 2.05) is 6.07 Å². The maximum atomic E-state index is 15.4. The fraction of sp³-hybridized carbons (Fsp3) is 0.373. The molecule has 0 aliphatic carbocycles. The summed E-state index contributed by atoms with van der Waals surface area (Å²) in [6.45, 7) is 4.51. The average Bonchev–Trinajstić information content (AvgIpc) is 2.69. The number of nitrogens with zero attached hydrogens (tertiary/aromatic N) is 1. The van der Waals surface area contributed by atoms with Crippen LogP contribution in [0.15, 0.2) is 152 Å². The van der Waals surface area contributed by atoms with Crippen LogP contribution in [0, 0.1) is 23.0 Å². The van der Waals surface area contributed by atoms with E-state index in [1.54, 1.807) is 48.5 Å². The van der Waals surface area contributed by atoms with Gasteiger partial charge in [-0.25, -0.2) is 28.0 Å². The van der Waals surface area contributed by atoms with Crippen LogP contribution in [-0.2, 0) is 12.8 Å². The summed E-state index contributed by atoms with van der Waals surface area (Å²) in [6.07, 6.45) is 33.7. The van der Waals surface area contributed by atoms with Gasteiger partial charge >= 0.3 is 23.9 Å². The third kappa shape index (κ3) is 21.1. The van der Waals surface area contributed by atoms with Gasteiger partial charge in [0.05, 0.1) is 22.3 Å². The van der Waals surface area contributed by atoms with Gasteiger partial charge in [0, 0.05) is 0 Å². The Morgan fingerprint density at radius 3 is 0.907 bits per heavy atom. The summed E-state index contributed by atoms with van der Waals surface area (Å²) >= 11 is 0. The highest BCUT2D eigenvalue weighted by Gasteiger charge is 2.22. The first-order valence-corrected chi connectivity index (χ1v) is 31.4. The van der Waals surface area contributed by atoms with Gasteiger partial charge in [-0.1, -0.05) is 234 Å². The Balaban J connectivity index is 0.827. The molecule has 0 aromatic heterocycles. The maximum absolute atomic E-state index is 15.4. The van der Waals surface area contributed by atoms with E-state index in [-0.39, 0.29) is 39.3 Å². The maximum Gasteiger partial charge on any atom is 0.343 e. The number of hydrogen-bond donors (Lipinski definition) is 0. The van der Waals surface area contributed by atoms with Crippen molar-refractivity contribution in [2.45, 2.75) is 181 Å². The van der Waals surface area contributed by atoms with Gasteiger partial charge < -0.3 is 18.9 Å². The number of carbonyl (C=O) groups excluding carboxylic acids is 4. The number of aryl methyl sites for hydroxylation is 2. The van der Waals surface area contributed by atoms with E-state index in [1.165, 1.54) is 196 Å². The molecule has 0 atom stereocenters. The molecule has 9 nitrogen and oxygen atoms in total. The SMILES string of the molecule is CCCCCCCCCCCCCCc1ccc(-c2ccc(C(=O)Oc3ccc(C(=O)Oc4cccc(OC(=O)c5ccc(OC(=O)c6ccc(-c7ccc(CCCCCCCCCCCCCC)cc7)cc6)c(F)c5)c4C#N)cc3F)cc2)cc1. The lowest BCUT2D eigenvalue weighted by Gasteiger charge is -2.12. The summed E-state index contributed by atoms with van der Waals surface area (Å²) in [6, 6.07) is 42.5. The molecule has 0 unspecified atom stereocenters. The summed E-state index contributed by atoms with van der Waals surface area (Å²) in [5, 5.41) is 10.1. The predicted molar refractivity (Wildman–Crippen MR) is 337 cm³/mol. The van der Waals surface area contributed by atoms with Gasteiger partial charge in [-0.2, -0.15) is 5.26 Å². The standard InChI is InChI=1S/C75H83F2NO8/c1-3-5-7-9-11-13-15-17-19-21-23-25-28-55-32-36-57(37-33-55)59-40-44-61(45-41-59)72(79)85-70-50-48-63(52-66(70)76)74(81)83-68-30-27-31-69(65(68)54-78)84-75(82)64-49-51-71(67(77)53-64)86-73(80)62-46-42-60(43-47-62)58-38-34-56(35-39-58)29-26-24-22-20-18-16-14-12-10-8-6-4-2/h27,30-53H,3-26,28-29H2,1-2H3. The van der Waals surface area contributed by atoms with Crippen LogP contribution >= 0.6 is 0 Å². The van der Waals surface area contributed by atoms with Crippen molar-refractivity contribution in [1.29, 1.82) is 5.26 Å². The molecular formula is C75H83F2NO8. The number of halogens is 2. The quantitative estimate of drug-likeness (QED) is 0.0214. The summed E-state index contributed by atoms with van der Waals surface area (Å²) in [4.78, 5) is 52.7. The molecule has 0 fully saturated rings. The third-order valence-electron chi connectivity index (χ3n) is 15.7. The Labute approximate surface area is 508 Å². The molecule has 0 saturated heterocycles. The number of benzene rings is 7. The Bertz CT molecular complexity index is 3080. The fourth-order valence-corrected chi connectivity index (χ4v) is 10.5. The monoisotopic (exact) mass is 1160 g/mol. The van der Waals surface area contributed by atoms with Crippen LogP contribution in [0.4, 0.5) is 8.78 Å². The van der Waals surface area contributed by atoms with Crippen molar-refractivity contribution in [2.24, 2.45) is 0 Å². The molecule has 0 spiro atoms. The molecule has 0 N–H and O–H groups in total. The Hall–Kier alpha value is -8.23. The lowest BCUT2D eigenvalue weighted by Crippen LogP contribution is -2.14. The van der Waals surface area contributed by atoms with Gasteiger partial charge in [0.25, 0.3) is 0 Å². The van der Waals surface area contributed by atoms with Crippen LogP contribution in [0.1, 0.15) is 226 Å². The number of hydrogen-bond acceptors (Lipinski definition) is 9. The number of unbranched alkanes of at least 4 members (excludes halogenated alkanes) is 22. The fourth-order valence-electron chi connectivity index (χ4n) is 10.5. The Kier molecular flexibility index (Phi) is 27.3. The normalized spacial score (nSPS) is 11.0. The summed E-state index contributed by atoms with van der Waals surface area (Å²) in [5.41, 5.74) is 5.90. The molecule has 86 heavy (non-hydrogen) atoms. The van der Waals surface area contributed by atoms with E-state index in [9.17, 15) is 24.4 Å². The van der Waals surface area contributed by atoms with E-state index >= 15 is 8.78 Å².